The van der Waals surface area contributed by atoms with Crippen molar-refractivity contribution in [3.05, 3.63) is 42.2 Å². The molecule has 0 unspecified atom stereocenters. The van der Waals surface area contributed by atoms with Gasteiger partial charge in [0.2, 0.25) is 0 Å². The van der Waals surface area contributed by atoms with E-state index in [0.717, 1.165) is 16.8 Å². The third kappa shape index (κ3) is 2.05. The highest BCUT2D eigenvalue weighted by Gasteiger charge is 2.13. The van der Waals surface area contributed by atoms with E-state index in [-0.39, 0.29) is 11.9 Å². The lowest BCUT2D eigenvalue weighted by Crippen LogP contribution is -2.02. The first kappa shape index (κ1) is 12.7. The zero-order valence-electron chi connectivity index (χ0n) is 11.6. The van der Waals surface area contributed by atoms with Crippen LogP contribution in [0.5, 0.6) is 0 Å². The first-order valence-electron chi connectivity index (χ1n) is 6.53. The fourth-order valence-electron chi connectivity index (χ4n) is 2.28. The number of benzene rings is 1. The SMILES string of the molecule is Cc1nccc(-c2cc(F)c3cnn(C(C)C)c3c2)n1. The van der Waals surface area contributed by atoms with Crippen molar-refractivity contribution >= 4 is 10.9 Å². The largest absolute Gasteiger partial charge is 0.262 e. The summed E-state index contributed by atoms with van der Waals surface area (Å²) in [5.74, 6) is 0.390. The van der Waals surface area contributed by atoms with Gasteiger partial charge < -0.3 is 0 Å². The maximum Gasteiger partial charge on any atom is 0.134 e. The minimum absolute atomic E-state index is 0.175. The van der Waals surface area contributed by atoms with Crippen molar-refractivity contribution in [3.63, 3.8) is 0 Å². The molecule has 2 aromatic heterocycles. The summed E-state index contributed by atoms with van der Waals surface area (Å²) in [6.07, 6.45) is 3.25. The molecule has 2 heterocycles. The topological polar surface area (TPSA) is 43.6 Å². The van der Waals surface area contributed by atoms with Crippen molar-refractivity contribution in [2.24, 2.45) is 0 Å². The van der Waals surface area contributed by atoms with Crippen LogP contribution in [-0.4, -0.2) is 19.7 Å². The summed E-state index contributed by atoms with van der Waals surface area (Å²) in [7, 11) is 0. The maximum atomic E-state index is 14.2. The predicted molar refractivity (Wildman–Crippen MR) is 75.8 cm³/mol. The number of hydrogen-bond donors (Lipinski definition) is 0. The van der Waals surface area contributed by atoms with Crippen molar-refractivity contribution in [2.45, 2.75) is 26.8 Å². The van der Waals surface area contributed by atoms with Crippen LogP contribution in [0.2, 0.25) is 0 Å². The summed E-state index contributed by atoms with van der Waals surface area (Å²) >= 11 is 0. The fourth-order valence-corrected chi connectivity index (χ4v) is 2.28. The van der Waals surface area contributed by atoms with Gasteiger partial charge in [-0.25, -0.2) is 14.4 Å². The Labute approximate surface area is 116 Å². The molecule has 0 amide bonds. The maximum absolute atomic E-state index is 14.2. The Morgan fingerprint density at radius 3 is 2.75 bits per heavy atom. The van der Waals surface area contributed by atoms with Gasteiger partial charge in [-0.05, 0) is 39.0 Å². The van der Waals surface area contributed by atoms with Crippen molar-refractivity contribution in [1.82, 2.24) is 19.7 Å². The second kappa shape index (κ2) is 4.67. The Balaban J connectivity index is 2.25. The van der Waals surface area contributed by atoms with Crippen LogP contribution in [0.3, 0.4) is 0 Å². The number of nitrogens with zero attached hydrogens (tertiary/aromatic N) is 4. The number of aromatic nitrogens is 4. The molecule has 3 rings (SSSR count). The molecule has 102 valence electrons. The van der Waals surface area contributed by atoms with Gasteiger partial charge in [0.1, 0.15) is 11.6 Å². The molecular formula is C15H15FN4. The lowest BCUT2D eigenvalue weighted by Gasteiger charge is -2.09. The lowest BCUT2D eigenvalue weighted by molar-refractivity contribution is 0.551. The molecule has 4 nitrogen and oxygen atoms in total. The average Bonchev–Trinajstić information content (AvgIpc) is 2.83. The van der Waals surface area contributed by atoms with Gasteiger partial charge >= 0.3 is 0 Å². The molecular weight excluding hydrogens is 255 g/mol. The standard InChI is InChI=1S/C15H15FN4/c1-9(2)20-15-7-11(6-13(16)12(15)8-18-20)14-4-5-17-10(3)19-14/h4-9H,1-3H3. The first-order valence-corrected chi connectivity index (χ1v) is 6.53. The van der Waals surface area contributed by atoms with Crippen LogP contribution in [-0.2, 0) is 0 Å². The summed E-state index contributed by atoms with van der Waals surface area (Å²) in [4.78, 5) is 8.41. The molecule has 0 bridgehead atoms. The Morgan fingerprint density at radius 2 is 2.05 bits per heavy atom. The van der Waals surface area contributed by atoms with Gasteiger partial charge in [0.05, 0.1) is 22.8 Å². The zero-order valence-corrected chi connectivity index (χ0v) is 11.6. The van der Waals surface area contributed by atoms with Gasteiger partial charge in [-0.2, -0.15) is 5.10 Å². The van der Waals surface area contributed by atoms with E-state index >= 15 is 0 Å². The summed E-state index contributed by atoms with van der Waals surface area (Å²) in [6.45, 7) is 5.86. The molecule has 3 aromatic rings. The van der Waals surface area contributed by atoms with Gasteiger partial charge in [-0.15, -0.1) is 0 Å². The van der Waals surface area contributed by atoms with E-state index in [1.807, 2.05) is 31.5 Å². The fraction of sp³-hybridized carbons (Fsp3) is 0.267. The molecule has 5 heteroatoms. The van der Waals surface area contributed by atoms with Crippen LogP contribution in [0.15, 0.2) is 30.6 Å². The molecule has 0 saturated carbocycles. The summed E-state index contributed by atoms with van der Waals surface area (Å²) in [5, 5.41) is 4.79. The third-order valence-electron chi connectivity index (χ3n) is 3.23. The monoisotopic (exact) mass is 270 g/mol. The van der Waals surface area contributed by atoms with Crippen LogP contribution < -0.4 is 0 Å². The smallest absolute Gasteiger partial charge is 0.134 e. The van der Waals surface area contributed by atoms with Crippen molar-refractivity contribution < 1.29 is 4.39 Å². The molecule has 0 fully saturated rings. The molecule has 0 radical (unpaired) electrons. The Kier molecular flexibility index (Phi) is 2.97. The van der Waals surface area contributed by atoms with Crippen LogP contribution in [0.25, 0.3) is 22.2 Å². The molecule has 0 aliphatic rings. The highest BCUT2D eigenvalue weighted by atomic mass is 19.1. The van der Waals surface area contributed by atoms with Crippen molar-refractivity contribution in [2.75, 3.05) is 0 Å². The van der Waals surface area contributed by atoms with Crippen LogP contribution in [0.1, 0.15) is 25.7 Å². The quantitative estimate of drug-likeness (QED) is 0.715. The Morgan fingerprint density at radius 1 is 1.25 bits per heavy atom. The van der Waals surface area contributed by atoms with Crippen LogP contribution in [0.4, 0.5) is 4.39 Å². The second-order valence-electron chi connectivity index (χ2n) is 5.06. The van der Waals surface area contributed by atoms with E-state index in [9.17, 15) is 4.39 Å². The van der Waals surface area contributed by atoms with Crippen LogP contribution in [0, 0.1) is 12.7 Å². The zero-order chi connectivity index (χ0) is 14.3. The van der Waals surface area contributed by atoms with E-state index in [1.54, 1.807) is 18.5 Å². The summed E-state index contributed by atoms with van der Waals surface area (Å²) in [5.41, 5.74) is 2.24. The van der Waals surface area contributed by atoms with E-state index in [2.05, 4.69) is 15.1 Å². The van der Waals surface area contributed by atoms with Crippen molar-refractivity contribution in [1.29, 1.82) is 0 Å². The molecule has 0 aliphatic heterocycles. The molecule has 1 aromatic carbocycles. The van der Waals surface area contributed by atoms with E-state index < -0.39 is 0 Å². The van der Waals surface area contributed by atoms with Gasteiger partial charge in [-0.1, -0.05) is 0 Å². The highest BCUT2D eigenvalue weighted by molar-refractivity contribution is 5.84. The normalized spacial score (nSPS) is 11.4. The molecule has 0 atom stereocenters. The van der Waals surface area contributed by atoms with Crippen LogP contribution >= 0.6 is 0 Å². The first-order chi connectivity index (χ1) is 9.56. The molecule has 0 N–H and O–H groups in total. The molecule has 0 spiro atoms. The number of hydrogen-bond acceptors (Lipinski definition) is 3. The second-order valence-corrected chi connectivity index (χ2v) is 5.06. The Bertz CT molecular complexity index is 777. The highest BCUT2D eigenvalue weighted by Crippen LogP contribution is 2.27. The summed E-state index contributed by atoms with van der Waals surface area (Å²) in [6, 6.07) is 5.38. The predicted octanol–water partition coefficient (Wildman–Crippen LogP) is 3.52. The number of halogens is 1. The van der Waals surface area contributed by atoms with Gasteiger partial charge in [0.25, 0.3) is 0 Å². The van der Waals surface area contributed by atoms with Gasteiger partial charge in [-0.3, -0.25) is 4.68 Å². The van der Waals surface area contributed by atoms with E-state index in [4.69, 9.17) is 0 Å². The minimum Gasteiger partial charge on any atom is -0.262 e. The number of fused-ring (bicyclic) bond motifs is 1. The number of rotatable bonds is 2. The molecule has 0 aliphatic carbocycles. The van der Waals surface area contributed by atoms with Gasteiger partial charge in [0, 0.05) is 17.8 Å². The summed E-state index contributed by atoms with van der Waals surface area (Å²) < 4.78 is 16.0. The minimum atomic E-state index is -0.277. The Hall–Kier alpha value is -2.30. The van der Waals surface area contributed by atoms with Gasteiger partial charge in [0.15, 0.2) is 0 Å². The average molecular weight is 270 g/mol. The van der Waals surface area contributed by atoms with E-state index in [0.29, 0.717) is 11.2 Å². The molecule has 20 heavy (non-hydrogen) atoms. The third-order valence-corrected chi connectivity index (χ3v) is 3.23. The van der Waals surface area contributed by atoms with E-state index in [1.165, 1.54) is 6.07 Å². The number of aryl methyl sites for hydroxylation is 1. The lowest BCUT2D eigenvalue weighted by atomic mass is 10.1. The molecule has 0 saturated heterocycles. The van der Waals surface area contributed by atoms with Crippen molar-refractivity contribution in [3.8, 4) is 11.3 Å².